The number of hydrogen-bond acceptors (Lipinski definition) is 3. The van der Waals surface area contributed by atoms with Crippen LogP contribution in [0.2, 0.25) is 0 Å². The Kier molecular flexibility index (Phi) is 4.36. The van der Waals surface area contributed by atoms with Crippen molar-refractivity contribution in [1.29, 1.82) is 0 Å². The van der Waals surface area contributed by atoms with E-state index in [1.807, 2.05) is 24.3 Å². The molecule has 1 aliphatic rings. The first-order chi connectivity index (χ1) is 9.86. The van der Waals surface area contributed by atoms with Gasteiger partial charge in [-0.3, -0.25) is 0 Å². The standard InChI is InChI=1S/C17H24N2O/c1-2-11-18-15(13-7-3-4-8-13)12-17-19-14-9-5-6-10-16(14)20-17/h5-6,9-10,13,15,18H,2-4,7-8,11-12H2,1H3. The monoisotopic (exact) mass is 272 g/mol. The van der Waals surface area contributed by atoms with Crippen molar-refractivity contribution in [3.05, 3.63) is 30.2 Å². The van der Waals surface area contributed by atoms with Crippen LogP contribution in [0, 0.1) is 5.92 Å². The van der Waals surface area contributed by atoms with E-state index in [2.05, 4.69) is 17.2 Å². The van der Waals surface area contributed by atoms with E-state index in [9.17, 15) is 0 Å². The number of oxazole rings is 1. The van der Waals surface area contributed by atoms with Crippen molar-refractivity contribution in [3.63, 3.8) is 0 Å². The Hall–Kier alpha value is -1.35. The Morgan fingerprint density at radius 2 is 2.10 bits per heavy atom. The molecular formula is C17H24N2O. The third kappa shape index (κ3) is 3.04. The van der Waals surface area contributed by atoms with Gasteiger partial charge in [-0.1, -0.05) is 31.9 Å². The molecule has 3 nitrogen and oxygen atoms in total. The molecule has 3 rings (SSSR count). The Morgan fingerprint density at radius 1 is 1.30 bits per heavy atom. The second kappa shape index (κ2) is 6.40. The van der Waals surface area contributed by atoms with Gasteiger partial charge in [-0.05, 0) is 43.9 Å². The normalized spacial score (nSPS) is 17.9. The van der Waals surface area contributed by atoms with Gasteiger partial charge in [-0.25, -0.2) is 4.98 Å². The molecule has 1 N–H and O–H groups in total. The number of benzene rings is 1. The van der Waals surface area contributed by atoms with Crippen LogP contribution in [0.4, 0.5) is 0 Å². The number of para-hydroxylation sites is 2. The van der Waals surface area contributed by atoms with E-state index in [0.29, 0.717) is 6.04 Å². The molecule has 1 unspecified atom stereocenters. The maximum Gasteiger partial charge on any atom is 0.197 e. The summed E-state index contributed by atoms with van der Waals surface area (Å²) in [5, 5.41) is 3.70. The highest BCUT2D eigenvalue weighted by Gasteiger charge is 2.26. The van der Waals surface area contributed by atoms with Gasteiger partial charge >= 0.3 is 0 Å². The van der Waals surface area contributed by atoms with E-state index in [1.165, 1.54) is 32.1 Å². The predicted molar refractivity (Wildman–Crippen MR) is 81.8 cm³/mol. The summed E-state index contributed by atoms with van der Waals surface area (Å²) >= 11 is 0. The van der Waals surface area contributed by atoms with Crippen molar-refractivity contribution in [2.24, 2.45) is 5.92 Å². The highest BCUT2D eigenvalue weighted by Crippen LogP contribution is 2.29. The van der Waals surface area contributed by atoms with Gasteiger partial charge in [-0.2, -0.15) is 0 Å². The summed E-state index contributed by atoms with van der Waals surface area (Å²) in [6.07, 6.45) is 7.55. The molecule has 1 aromatic heterocycles. The fourth-order valence-corrected chi connectivity index (χ4v) is 3.29. The Bertz CT molecular complexity index is 510. The van der Waals surface area contributed by atoms with Crippen LogP contribution < -0.4 is 5.32 Å². The fraction of sp³-hybridized carbons (Fsp3) is 0.588. The highest BCUT2D eigenvalue weighted by atomic mass is 16.3. The molecule has 108 valence electrons. The van der Waals surface area contributed by atoms with Crippen LogP contribution in [-0.4, -0.2) is 17.6 Å². The second-order valence-corrected chi connectivity index (χ2v) is 5.88. The number of fused-ring (bicyclic) bond motifs is 1. The Labute approximate surface area is 120 Å². The zero-order chi connectivity index (χ0) is 13.8. The average Bonchev–Trinajstić information content (AvgIpc) is 3.11. The number of aromatic nitrogens is 1. The molecule has 2 aromatic rings. The largest absolute Gasteiger partial charge is 0.441 e. The highest BCUT2D eigenvalue weighted by molar-refractivity contribution is 5.72. The van der Waals surface area contributed by atoms with Gasteiger partial charge in [0.15, 0.2) is 11.5 Å². The quantitative estimate of drug-likeness (QED) is 0.866. The van der Waals surface area contributed by atoms with E-state index < -0.39 is 0 Å². The summed E-state index contributed by atoms with van der Waals surface area (Å²) < 4.78 is 5.89. The second-order valence-electron chi connectivity index (χ2n) is 5.88. The molecule has 0 aliphatic heterocycles. The molecule has 0 saturated heterocycles. The number of nitrogens with zero attached hydrogens (tertiary/aromatic N) is 1. The molecule has 1 heterocycles. The van der Waals surface area contributed by atoms with Crippen molar-refractivity contribution in [1.82, 2.24) is 10.3 Å². The summed E-state index contributed by atoms with van der Waals surface area (Å²) in [5.74, 6) is 1.67. The molecule has 1 atom stereocenters. The molecule has 0 spiro atoms. The first-order valence-electron chi connectivity index (χ1n) is 7.94. The molecule has 0 radical (unpaired) electrons. The molecular weight excluding hydrogens is 248 g/mol. The van der Waals surface area contributed by atoms with Crippen molar-refractivity contribution >= 4 is 11.1 Å². The van der Waals surface area contributed by atoms with E-state index in [1.54, 1.807) is 0 Å². The fourth-order valence-electron chi connectivity index (χ4n) is 3.29. The minimum atomic E-state index is 0.519. The summed E-state index contributed by atoms with van der Waals surface area (Å²) in [4.78, 5) is 4.63. The first-order valence-corrected chi connectivity index (χ1v) is 7.94. The maximum atomic E-state index is 5.89. The smallest absolute Gasteiger partial charge is 0.197 e. The van der Waals surface area contributed by atoms with Gasteiger partial charge in [0.2, 0.25) is 0 Å². The summed E-state index contributed by atoms with van der Waals surface area (Å²) in [5.41, 5.74) is 1.88. The topological polar surface area (TPSA) is 38.1 Å². The zero-order valence-electron chi connectivity index (χ0n) is 12.3. The number of rotatable bonds is 6. The predicted octanol–water partition coefficient (Wildman–Crippen LogP) is 3.93. The lowest BCUT2D eigenvalue weighted by Crippen LogP contribution is -2.37. The molecule has 0 amide bonds. The van der Waals surface area contributed by atoms with Gasteiger partial charge in [-0.15, -0.1) is 0 Å². The maximum absolute atomic E-state index is 5.89. The Morgan fingerprint density at radius 3 is 2.85 bits per heavy atom. The van der Waals surface area contributed by atoms with Crippen molar-refractivity contribution in [2.45, 2.75) is 51.5 Å². The van der Waals surface area contributed by atoms with Gasteiger partial charge in [0.25, 0.3) is 0 Å². The number of nitrogens with one attached hydrogen (secondary N) is 1. The van der Waals surface area contributed by atoms with Crippen molar-refractivity contribution in [3.8, 4) is 0 Å². The third-order valence-electron chi connectivity index (χ3n) is 4.36. The molecule has 20 heavy (non-hydrogen) atoms. The van der Waals surface area contributed by atoms with Crippen LogP contribution in [-0.2, 0) is 6.42 Å². The number of hydrogen-bond donors (Lipinski definition) is 1. The molecule has 1 aliphatic carbocycles. The van der Waals surface area contributed by atoms with Gasteiger partial charge in [0.05, 0.1) is 0 Å². The van der Waals surface area contributed by atoms with Crippen LogP contribution in [0.25, 0.3) is 11.1 Å². The van der Waals surface area contributed by atoms with Crippen LogP contribution in [0.3, 0.4) is 0 Å². The molecule has 1 saturated carbocycles. The minimum Gasteiger partial charge on any atom is -0.441 e. The third-order valence-corrected chi connectivity index (χ3v) is 4.36. The zero-order valence-corrected chi connectivity index (χ0v) is 12.3. The van der Waals surface area contributed by atoms with Crippen LogP contribution in [0.5, 0.6) is 0 Å². The molecule has 1 aromatic carbocycles. The van der Waals surface area contributed by atoms with Gasteiger partial charge in [0, 0.05) is 12.5 Å². The summed E-state index contributed by atoms with van der Waals surface area (Å²) in [7, 11) is 0. The van der Waals surface area contributed by atoms with Crippen LogP contribution in [0.15, 0.2) is 28.7 Å². The lowest BCUT2D eigenvalue weighted by atomic mass is 9.95. The van der Waals surface area contributed by atoms with Crippen LogP contribution >= 0.6 is 0 Å². The minimum absolute atomic E-state index is 0.519. The Balaban J connectivity index is 1.73. The van der Waals surface area contributed by atoms with E-state index >= 15 is 0 Å². The first kappa shape index (κ1) is 13.6. The molecule has 1 fully saturated rings. The van der Waals surface area contributed by atoms with Crippen molar-refractivity contribution in [2.75, 3.05) is 6.54 Å². The van der Waals surface area contributed by atoms with Crippen molar-refractivity contribution < 1.29 is 4.42 Å². The summed E-state index contributed by atoms with van der Waals surface area (Å²) in [6.45, 7) is 3.31. The van der Waals surface area contributed by atoms with E-state index in [0.717, 1.165) is 35.9 Å². The van der Waals surface area contributed by atoms with E-state index in [-0.39, 0.29) is 0 Å². The molecule has 3 heteroatoms. The average molecular weight is 272 g/mol. The lowest BCUT2D eigenvalue weighted by molar-refractivity contribution is 0.334. The van der Waals surface area contributed by atoms with E-state index in [4.69, 9.17) is 4.42 Å². The summed E-state index contributed by atoms with van der Waals surface area (Å²) in [6, 6.07) is 8.55. The van der Waals surface area contributed by atoms with Gasteiger partial charge in [0.1, 0.15) is 5.52 Å². The van der Waals surface area contributed by atoms with Gasteiger partial charge < -0.3 is 9.73 Å². The van der Waals surface area contributed by atoms with Crippen LogP contribution in [0.1, 0.15) is 44.9 Å². The SMILES string of the molecule is CCCNC(Cc1nc2ccccc2o1)C1CCCC1. The molecule has 0 bridgehead atoms. The lowest BCUT2D eigenvalue weighted by Gasteiger charge is -2.23.